The van der Waals surface area contributed by atoms with Crippen LogP contribution in [0.1, 0.15) is 5.82 Å². The maximum absolute atomic E-state index is 12.1. The second kappa shape index (κ2) is 6.10. The molecule has 0 fully saturated rings. The van der Waals surface area contributed by atoms with Gasteiger partial charge in [-0.25, -0.2) is 9.78 Å². The van der Waals surface area contributed by atoms with Gasteiger partial charge in [0.2, 0.25) is 0 Å². The van der Waals surface area contributed by atoms with Crippen LogP contribution in [0.4, 0.5) is 10.5 Å². The highest BCUT2D eigenvalue weighted by atomic mass is 16.5. The fourth-order valence-corrected chi connectivity index (χ4v) is 1.79. The Balaban J connectivity index is 2.02. The number of para-hydroxylation sites is 2. The van der Waals surface area contributed by atoms with Gasteiger partial charge in [0.15, 0.2) is 0 Å². The van der Waals surface area contributed by atoms with Gasteiger partial charge in [0.1, 0.15) is 11.6 Å². The maximum atomic E-state index is 12.1. The summed E-state index contributed by atoms with van der Waals surface area (Å²) in [6.07, 6.45) is 3.56. The second-order valence-corrected chi connectivity index (χ2v) is 4.44. The topological polar surface area (TPSA) is 59.4 Å². The molecule has 6 heteroatoms. The summed E-state index contributed by atoms with van der Waals surface area (Å²) < 4.78 is 7.08. The molecule has 2 aromatic rings. The van der Waals surface area contributed by atoms with Gasteiger partial charge >= 0.3 is 6.03 Å². The van der Waals surface area contributed by atoms with E-state index in [4.69, 9.17) is 4.74 Å². The molecule has 0 aliphatic heterocycles. The molecule has 1 heterocycles. The lowest BCUT2D eigenvalue weighted by molar-refractivity contribution is 0.219. The fourth-order valence-electron chi connectivity index (χ4n) is 1.79. The zero-order valence-corrected chi connectivity index (χ0v) is 11.8. The van der Waals surface area contributed by atoms with E-state index in [1.54, 1.807) is 37.4 Å². The van der Waals surface area contributed by atoms with Crippen LogP contribution in [0.2, 0.25) is 0 Å². The minimum Gasteiger partial charge on any atom is -0.495 e. The summed E-state index contributed by atoms with van der Waals surface area (Å²) >= 11 is 0. The number of ether oxygens (including phenoxy) is 1. The van der Waals surface area contributed by atoms with Crippen molar-refractivity contribution in [3.63, 3.8) is 0 Å². The number of amides is 2. The number of anilines is 1. The molecule has 1 aromatic heterocycles. The molecular weight excluding hydrogens is 256 g/mol. The predicted molar refractivity (Wildman–Crippen MR) is 76.7 cm³/mol. The Morgan fingerprint density at radius 2 is 2.20 bits per heavy atom. The Labute approximate surface area is 118 Å². The summed E-state index contributed by atoms with van der Waals surface area (Å²) in [6, 6.07) is 7.08. The number of nitrogens with one attached hydrogen (secondary N) is 1. The number of carbonyl (C=O) groups is 1. The highest BCUT2D eigenvalue weighted by Crippen LogP contribution is 2.23. The number of benzene rings is 1. The molecule has 6 nitrogen and oxygen atoms in total. The average molecular weight is 274 g/mol. The number of methoxy groups -OCH3 is 1. The van der Waals surface area contributed by atoms with E-state index in [2.05, 4.69) is 10.3 Å². The van der Waals surface area contributed by atoms with Crippen LogP contribution in [-0.4, -0.2) is 34.6 Å². The number of hydrogen-bond donors (Lipinski definition) is 1. The molecular formula is C14H18N4O2. The lowest BCUT2D eigenvalue weighted by Gasteiger charge is -2.18. The number of imidazole rings is 1. The third kappa shape index (κ3) is 3.09. The zero-order chi connectivity index (χ0) is 14.5. The molecule has 106 valence electrons. The van der Waals surface area contributed by atoms with Gasteiger partial charge in [-0.2, -0.15) is 0 Å². The van der Waals surface area contributed by atoms with E-state index in [0.29, 0.717) is 18.0 Å². The molecule has 1 N–H and O–H groups in total. The summed E-state index contributed by atoms with van der Waals surface area (Å²) in [7, 11) is 5.19. The summed E-state index contributed by atoms with van der Waals surface area (Å²) in [4.78, 5) is 17.9. The molecule has 0 spiro atoms. The van der Waals surface area contributed by atoms with Gasteiger partial charge in [0, 0.05) is 26.5 Å². The largest absolute Gasteiger partial charge is 0.495 e. The first-order chi connectivity index (χ1) is 9.61. The lowest BCUT2D eigenvalue weighted by atomic mass is 10.3. The van der Waals surface area contributed by atoms with Crippen molar-refractivity contribution in [3.8, 4) is 5.75 Å². The van der Waals surface area contributed by atoms with Crippen LogP contribution in [0, 0.1) is 0 Å². The molecule has 2 rings (SSSR count). The molecule has 0 saturated heterocycles. The van der Waals surface area contributed by atoms with Crippen molar-refractivity contribution in [2.24, 2.45) is 7.05 Å². The van der Waals surface area contributed by atoms with Crippen LogP contribution in [-0.2, 0) is 13.6 Å². The maximum Gasteiger partial charge on any atom is 0.322 e. The van der Waals surface area contributed by atoms with Crippen LogP contribution in [0.3, 0.4) is 0 Å². The van der Waals surface area contributed by atoms with Gasteiger partial charge < -0.3 is 19.5 Å². The van der Waals surface area contributed by atoms with Crippen molar-refractivity contribution >= 4 is 11.7 Å². The second-order valence-electron chi connectivity index (χ2n) is 4.44. The molecule has 0 saturated carbocycles. The Kier molecular flexibility index (Phi) is 4.24. The van der Waals surface area contributed by atoms with Crippen LogP contribution < -0.4 is 10.1 Å². The number of hydrogen-bond acceptors (Lipinski definition) is 3. The van der Waals surface area contributed by atoms with Crippen molar-refractivity contribution in [1.82, 2.24) is 14.5 Å². The Morgan fingerprint density at radius 3 is 2.85 bits per heavy atom. The molecule has 20 heavy (non-hydrogen) atoms. The molecule has 0 bridgehead atoms. The van der Waals surface area contributed by atoms with Gasteiger partial charge in [-0.1, -0.05) is 12.1 Å². The molecule has 0 atom stereocenters. The first-order valence-electron chi connectivity index (χ1n) is 6.23. The van der Waals surface area contributed by atoms with Gasteiger partial charge in [-0.3, -0.25) is 0 Å². The van der Waals surface area contributed by atoms with Crippen LogP contribution >= 0.6 is 0 Å². The van der Waals surface area contributed by atoms with Crippen molar-refractivity contribution in [2.75, 3.05) is 19.5 Å². The minimum absolute atomic E-state index is 0.211. The van der Waals surface area contributed by atoms with Gasteiger partial charge in [0.25, 0.3) is 0 Å². The smallest absolute Gasteiger partial charge is 0.322 e. The first-order valence-corrected chi connectivity index (χ1v) is 6.23. The van der Waals surface area contributed by atoms with Crippen LogP contribution in [0.5, 0.6) is 5.75 Å². The van der Waals surface area contributed by atoms with E-state index in [1.165, 1.54) is 0 Å². The molecule has 1 aromatic carbocycles. The van der Waals surface area contributed by atoms with Crippen molar-refractivity contribution in [1.29, 1.82) is 0 Å². The third-order valence-electron chi connectivity index (χ3n) is 2.99. The monoisotopic (exact) mass is 274 g/mol. The Morgan fingerprint density at radius 1 is 1.45 bits per heavy atom. The quantitative estimate of drug-likeness (QED) is 0.928. The van der Waals surface area contributed by atoms with E-state index in [1.807, 2.05) is 29.9 Å². The molecule has 0 radical (unpaired) electrons. The van der Waals surface area contributed by atoms with E-state index in [0.717, 1.165) is 5.82 Å². The average Bonchev–Trinajstić information content (AvgIpc) is 2.84. The van der Waals surface area contributed by atoms with Crippen molar-refractivity contribution in [3.05, 3.63) is 42.5 Å². The summed E-state index contributed by atoms with van der Waals surface area (Å²) in [5, 5.41) is 2.82. The fraction of sp³-hybridized carbons (Fsp3) is 0.286. The number of nitrogens with zero attached hydrogens (tertiary/aromatic N) is 3. The third-order valence-corrected chi connectivity index (χ3v) is 2.99. The Hall–Kier alpha value is -2.50. The van der Waals surface area contributed by atoms with Gasteiger partial charge in [0.05, 0.1) is 19.3 Å². The number of aromatic nitrogens is 2. The van der Waals surface area contributed by atoms with Crippen LogP contribution in [0.15, 0.2) is 36.7 Å². The van der Waals surface area contributed by atoms with Gasteiger partial charge in [-0.15, -0.1) is 0 Å². The molecule has 0 aliphatic rings. The first kappa shape index (κ1) is 13.9. The molecule has 0 unspecified atom stereocenters. The highest BCUT2D eigenvalue weighted by Gasteiger charge is 2.13. The summed E-state index contributed by atoms with van der Waals surface area (Å²) in [5.74, 6) is 1.45. The number of carbonyl (C=O) groups excluding carboxylic acids is 1. The van der Waals surface area contributed by atoms with Gasteiger partial charge in [-0.05, 0) is 12.1 Å². The summed E-state index contributed by atoms with van der Waals surface area (Å²) in [5.41, 5.74) is 0.645. The normalized spacial score (nSPS) is 10.2. The molecule has 0 aliphatic carbocycles. The number of urea groups is 1. The molecule has 2 amide bonds. The number of rotatable bonds is 4. The highest BCUT2D eigenvalue weighted by molar-refractivity contribution is 5.90. The zero-order valence-electron chi connectivity index (χ0n) is 11.8. The van der Waals surface area contributed by atoms with E-state index >= 15 is 0 Å². The lowest BCUT2D eigenvalue weighted by Crippen LogP contribution is -2.31. The summed E-state index contributed by atoms with van der Waals surface area (Å²) in [6.45, 7) is 0.435. The van der Waals surface area contributed by atoms with E-state index in [-0.39, 0.29) is 6.03 Å². The SMILES string of the molecule is COc1ccccc1NC(=O)N(C)Cc1nccn1C. The van der Waals surface area contributed by atoms with Crippen molar-refractivity contribution in [2.45, 2.75) is 6.54 Å². The van der Waals surface area contributed by atoms with E-state index < -0.39 is 0 Å². The number of aryl methyl sites for hydroxylation is 1. The van der Waals surface area contributed by atoms with Crippen LogP contribution in [0.25, 0.3) is 0 Å². The van der Waals surface area contributed by atoms with E-state index in [9.17, 15) is 4.79 Å². The van der Waals surface area contributed by atoms with Crippen molar-refractivity contribution < 1.29 is 9.53 Å². The Bertz CT molecular complexity index is 594. The minimum atomic E-state index is -0.211. The standard InChI is InChI=1S/C14H18N4O2/c1-17-9-8-15-13(17)10-18(2)14(19)16-11-6-4-5-7-12(11)20-3/h4-9H,10H2,1-3H3,(H,16,19). The predicted octanol–water partition coefficient (Wildman–Crippen LogP) is 2.09.